The van der Waals surface area contributed by atoms with Crippen molar-refractivity contribution in [3.63, 3.8) is 0 Å². The predicted octanol–water partition coefficient (Wildman–Crippen LogP) is 2.01. The van der Waals surface area contributed by atoms with Gasteiger partial charge in [-0.2, -0.15) is 0 Å². The minimum Gasteiger partial charge on any atom is -0.496 e. The number of likely N-dealkylation sites (N-methyl/N-ethyl adjacent to an activating group) is 1. The van der Waals surface area contributed by atoms with Crippen molar-refractivity contribution < 1.29 is 4.74 Å². The van der Waals surface area contributed by atoms with Crippen molar-refractivity contribution in [3.8, 4) is 5.75 Å². The van der Waals surface area contributed by atoms with Gasteiger partial charge in [0.25, 0.3) is 0 Å². The second kappa shape index (κ2) is 7.30. The zero-order valence-electron chi connectivity index (χ0n) is 11.4. The summed E-state index contributed by atoms with van der Waals surface area (Å²) in [5.41, 5.74) is 3.73. The molecule has 0 saturated carbocycles. The molecular weight excluding hydrogens is 212 g/mol. The zero-order chi connectivity index (χ0) is 12.7. The van der Waals surface area contributed by atoms with Crippen LogP contribution < -0.4 is 15.4 Å². The highest BCUT2D eigenvalue weighted by molar-refractivity contribution is 5.43. The summed E-state index contributed by atoms with van der Waals surface area (Å²) in [6.07, 6.45) is 0. The number of aryl methyl sites for hydroxylation is 2. The zero-order valence-corrected chi connectivity index (χ0v) is 11.4. The smallest absolute Gasteiger partial charge is 0.126 e. The van der Waals surface area contributed by atoms with Crippen LogP contribution in [0.1, 0.15) is 23.6 Å². The molecule has 3 heteroatoms. The molecule has 0 spiro atoms. The van der Waals surface area contributed by atoms with Crippen molar-refractivity contribution in [2.45, 2.75) is 27.3 Å². The summed E-state index contributed by atoms with van der Waals surface area (Å²) in [7, 11) is 1.74. The average Bonchev–Trinajstić information content (AvgIpc) is 2.28. The summed E-state index contributed by atoms with van der Waals surface area (Å²) in [6.45, 7) is 10.2. The van der Waals surface area contributed by atoms with Crippen molar-refractivity contribution in [1.82, 2.24) is 10.6 Å². The molecule has 2 N–H and O–H groups in total. The molecule has 0 fully saturated rings. The van der Waals surface area contributed by atoms with Crippen molar-refractivity contribution in [1.29, 1.82) is 0 Å². The lowest BCUT2D eigenvalue weighted by Crippen LogP contribution is -2.26. The first-order valence-corrected chi connectivity index (χ1v) is 6.24. The van der Waals surface area contributed by atoms with E-state index in [1.165, 1.54) is 16.7 Å². The fraction of sp³-hybridized carbons (Fsp3) is 0.571. The number of methoxy groups -OCH3 is 1. The van der Waals surface area contributed by atoms with Crippen molar-refractivity contribution in [2.24, 2.45) is 0 Å². The maximum Gasteiger partial charge on any atom is 0.126 e. The highest BCUT2D eigenvalue weighted by Gasteiger charge is 2.06. The molecule has 17 heavy (non-hydrogen) atoms. The lowest BCUT2D eigenvalue weighted by Gasteiger charge is -2.13. The Morgan fingerprint density at radius 2 is 1.82 bits per heavy atom. The van der Waals surface area contributed by atoms with Crippen molar-refractivity contribution >= 4 is 0 Å². The lowest BCUT2D eigenvalue weighted by atomic mass is 10.1. The Bertz CT molecular complexity index is 350. The Labute approximate surface area is 105 Å². The molecule has 0 heterocycles. The van der Waals surface area contributed by atoms with E-state index < -0.39 is 0 Å². The molecular formula is C14H24N2O. The summed E-state index contributed by atoms with van der Waals surface area (Å²) < 4.78 is 5.45. The molecule has 1 aromatic carbocycles. The number of hydrogen-bond acceptors (Lipinski definition) is 3. The van der Waals surface area contributed by atoms with E-state index in [0.29, 0.717) is 0 Å². The van der Waals surface area contributed by atoms with Crippen LogP contribution in [0.2, 0.25) is 0 Å². The largest absolute Gasteiger partial charge is 0.496 e. The quantitative estimate of drug-likeness (QED) is 0.711. The maximum atomic E-state index is 5.45. The van der Waals surface area contributed by atoms with Gasteiger partial charge in [0.1, 0.15) is 5.75 Å². The molecule has 0 saturated heterocycles. The first kappa shape index (κ1) is 14.0. The molecule has 3 nitrogen and oxygen atoms in total. The van der Waals surface area contributed by atoms with Gasteiger partial charge in [-0.1, -0.05) is 24.6 Å². The number of nitrogens with one attached hydrogen (secondary N) is 2. The van der Waals surface area contributed by atoms with Crippen LogP contribution in [-0.4, -0.2) is 26.7 Å². The first-order chi connectivity index (χ1) is 8.19. The van der Waals surface area contributed by atoms with E-state index in [1.807, 2.05) is 0 Å². The van der Waals surface area contributed by atoms with Crippen LogP contribution in [0, 0.1) is 13.8 Å². The van der Waals surface area contributed by atoms with Crippen LogP contribution in [0.5, 0.6) is 5.75 Å². The van der Waals surface area contributed by atoms with Gasteiger partial charge in [0, 0.05) is 25.2 Å². The van der Waals surface area contributed by atoms with E-state index in [4.69, 9.17) is 4.74 Å². The van der Waals surface area contributed by atoms with E-state index in [2.05, 4.69) is 43.5 Å². The van der Waals surface area contributed by atoms with Crippen molar-refractivity contribution in [3.05, 3.63) is 28.8 Å². The van der Waals surface area contributed by atoms with Crippen LogP contribution in [0.4, 0.5) is 0 Å². The third-order valence-electron chi connectivity index (χ3n) is 2.74. The van der Waals surface area contributed by atoms with E-state index >= 15 is 0 Å². The molecule has 0 atom stereocenters. The monoisotopic (exact) mass is 236 g/mol. The number of hydrogen-bond donors (Lipinski definition) is 2. The minimum atomic E-state index is 0.858. The van der Waals surface area contributed by atoms with E-state index in [9.17, 15) is 0 Å². The number of ether oxygens (including phenoxy) is 1. The number of benzene rings is 1. The van der Waals surface area contributed by atoms with Crippen LogP contribution in [0.3, 0.4) is 0 Å². The molecule has 0 aliphatic heterocycles. The Hall–Kier alpha value is -1.06. The van der Waals surface area contributed by atoms with Gasteiger partial charge in [-0.05, 0) is 26.0 Å². The van der Waals surface area contributed by atoms with Crippen LogP contribution in [-0.2, 0) is 6.54 Å². The fourth-order valence-electron chi connectivity index (χ4n) is 2.04. The van der Waals surface area contributed by atoms with Gasteiger partial charge in [0.15, 0.2) is 0 Å². The van der Waals surface area contributed by atoms with Gasteiger partial charge in [-0.3, -0.25) is 0 Å². The Morgan fingerprint density at radius 1 is 1.12 bits per heavy atom. The summed E-state index contributed by atoms with van der Waals surface area (Å²) in [5, 5.41) is 6.72. The van der Waals surface area contributed by atoms with E-state index in [0.717, 1.165) is 31.9 Å². The molecule has 0 unspecified atom stereocenters. The van der Waals surface area contributed by atoms with Crippen LogP contribution in [0.25, 0.3) is 0 Å². The van der Waals surface area contributed by atoms with Gasteiger partial charge in [-0.15, -0.1) is 0 Å². The van der Waals surface area contributed by atoms with Gasteiger partial charge in [0.05, 0.1) is 7.11 Å². The van der Waals surface area contributed by atoms with Gasteiger partial charge in [-0.25, -0.2) is 0 Å². The van der Waals surface area contributed by atoms with Crippen LogP contribution >= 0.6 is 0 Å². The Kier molecular flexibility index (Phi) is 6.01. The Balaban J connectivity index is 2.57. The molecule has 0 amide bonds. The molecule has 0 aliphatic rings. The normalized spacial score (nSPS) is 10.6. The molecule has 0 radical (unpaired) electrons. The Morgan fingerprint density at radius 3 is 2.47 bits per heavy atom. The molecule has 0 bridgehead atoms. The molecule has 0 aliphatic carbocycles. The topological polar surface area (TPSA) is 33.3 Å². The SMILES string of the molecule is CCNCCNCc1cc(C)cc(C)c1OC. The second-order valence-electron chi connectivity index (χ2n) is 4.30. The van der Waals surface area contributed by atoms with Crippen LogP contribution in [0.15, 0.2) is 12.1 Å². The van der Waals surface area contributed by atoms with E-state index in [1.54, 1.807) is 7.11 Å². The van der Waals surface area contributed by atoms with Gasteiger partial charge >= 0.3 is 0 Å². The van der Waals surface area contributed by atoms with Gasteiger partial charge in [0.2, 0.25) is 0 Å². The molecule has 1 aromatic rings. The summed E-state index contributed by atoms with van der Waals surface area (Å²) in [6, 6.07) is 4.34. The molecule has 0 aromatic heterocycles. The highest BCUT2D eigenvalue weighted by atomic mass is 16.5. The fourth-order valence-corrected chi connectivity index (χ4v) is 2.04. The molecule has 96 valence electrons. The van der Waals surface area contributed by atoms with E-state index in [-0.39, 0.29) is 0 Å². The summed E-state index contributed by atoms with van der Waals surface area (Å²) >= 11 is 0. The summed E-state index contributed by atoms with van der Waals surface area (Å²) in [4.78, 5) is 0. The second-order valence-corrected chi connectivity index (χ2v) is 4.30. The third-order valence-corrected chi connectivity index (χ3v) is 2.74. The average molecular weight is 236 g/mol. The third kappa shape index (κ3) is 4.36. The highest BCUT2D eigenvalue weighted by Crippen LogP contribution is 2.24. The number of rotatable bonds is 7. The maximum absolute atomic E-state index is 5.45. The predicted molar refractivity (Wildman–Crippen MR) is 72.7 cm³/mol. The minimum absolute atomic E-state index is 0.858. The first-order valence-electron chi connectivity index (χ1n) is 6.24. The summed E-state index contributed by atoms with van der Waals surface area (Å²) in [5.74, 6) is 1.01. The molecule has 1 rings (SSSR count). The lowest BCUT2D eigenvalue weighted by molar-refractivity contribution is 0.404. The van der Waals surface area contributed by atoms with Gasteiger partial charge < -0.3 is 15.4 Å². The van der Waals surface area contributed by atoms with Crippen molar-refractivity contribution in [2.75, 3.05) is 26.7 Å². The standard InChI is InChI=1S/C14H24N2O/c1-5-15-6-7-16-10-13-9-11(2)8-12(3)14(13)17-4/h8-9,15-16H,5-7,10H2,1-4H3.